The number of amides is 5. The van der Waals surface area contributed by atoms with Gasteiger partial charge in [-0.1, -0.05) is 24.3 Å². The van der Waals surface area contributed by atoms with Crippen molar-refractivity contribution in [3.63, 3.8) is 0 Å². The average molecular weight is 655 g/mol. The molecule has 0 radical (unpaired) electrons. The van der Waals surface area contributed by atoms with Gasteiger partial charge in [0.15, 0.2) is 0 Å². The van der Waals surface area contributed by atoms with Gasteiger partial charge >= 0.3 is 12.1 Å². The van der Waals surface area contributed by atoms with Crippen molar-refractivity contribution in [3.05, 3.63) is 59.8 Å². The van der Waals surface area contributed by atoms with Crippen LogP contribution in [0.4, 0.5) is 15.3 Å². The standard InChI is InChI=1S/C37H50N8O3/c1-41-16-9-27(10-17-41)28-11-18-43(19-12-28)35(46)33(24-26-7-8-34-30(23-26)25-38-42(34)2)40-36(47)44-20-14-31(15-21-44)45-22-13-29-5-3-4-6-32(29)39-37(45)48/h3-8,23,25,27-28,31,33H,9-22,24H2,1-2H3,(H,39,48)(H,40,47). The fourth-order valence-electron chi connectivity index (χ4n) is 8.45. The highest BCUT2D eigenvalue weighted by Crippen LogP contribution is 2.32. The van der Waals surface area contributed by atoms with E-state index in [0.717, 1.165) is 79.1 Å². The number of benzene rings is 2. The van der Waals surface area contributed by atoms with Crippen molar-refractivity contribution in [1.82, 2.24) is 34.7 Å². The Morgan fingerprint density at radius 2 is 1.56 bits per heavy atom. The maximum Gasteiger partial charge on any atom is 0.322 e. The van der Waals surface area contributed by atoms with Crippen molar-refractivity contribution in [2.24, 2.45) is 18.9 Å². The van der Waals surface area contributed by atoms with Crippen LogP contribution in [0.25, 0.3) is 10.9 Å². The molecule has 0 bridgehead atoms. The van der Waals surface area contributed by atoms with E-state index in [2.05, 4.69) is 39.8 Å². The van der Waals surface area contributed by atoms with Crippen LogP contribution in [0.15, 0.2) is 48.7 Å². The van der Waals surface area contributed by atoms with Crippen LogP contribution in [-0.2, 0) is 24.7 Å². The Balaban J connectivity index is 0.991. The van der Waals surface area contributed by atoms with Crippen molar-refractivity contribution in [1.29, 1.82) is 0 Å². The van der Waals surface area contributed by atoms with Gasteiger partial charge in [-0.2, -0.15) is 5.10 Å². The van der Waals surface area contributed by atoms with E-state index >= 15 is 0 Å². The first-order chi connectivity index (χ1) is 23.3. The highest BCUT2D eigenvalue weighted by molar-refractivity contribution is 5.91. The second-order valence-electron chi connectivity index (χ2n) is 14.4. The number of aryl methyl sites for hydroxylation is 1. The summed E-state index contributed by atoms with van der Waals surface area (Å²) in [7, 11) is 4.12. The molecular formula is C37H50N8O3. The number of nitrogens with zero attached hydrogens (tertiary/aromatic N) is 6. The van der Waals surface area contributed by atoms with E-state index in [1.807, 2.05) is 63.0 Å². The number of rotatable bonds is 6. The summed E-state index contributed by atoms with van der Waals surface area (Å²) in [6.45, 7) is 5.56. The minimum atomic E-state index is -0.654. The van der Waals surface area contributed by atoms with Gasteiger partial charge in [0.2, 0.25) is 5.91 Å². The molecule has 0 spiro atoms. The first kappa shape index (κ1) is 32.4. The van der Waals surface area contributed by atoms with Crippen LogP contribution in [0.5, 0.6) is 0 Å². The third-order valence-corrected chi connectivity index (χ3v) is 11.5. The molecular weight excluding hydrogens is 604 g/mol. The van der Waals surface area contributed by atoms with Gasteiger partial charge in [0.25, 0.3) is 0 Å². The zero-order valence-electron chi connectivity index (χ0n) is 28.4. The quantitative estimate of drug-likeness (QED) is 0.412. The van der Waals surface area contributed by atoms with Crippen molar-refractivity contribution in [2.75, 3.05) is 58.2 Å². The van der Waals surface area contributed by atoms with Crippen molar-refractivity contribution in [3.8, 4) is 0 Å². The second-order valence-corrected chi connectivity index (χ2v) is 14.4. The number of anilines is 1. The maximum atomic E-state index is 14.2. The van der Waals surface area contributed by atoms with Gasteiger partial charge in [0, 0.05) is 63.3 Å². The molecule has 3 fully saturated rings. The Labute approximate surface area is 283 Å². The Morgan fingerprint density at radius 1 is 0.875 bits per heavy atom. The number of hydrogen-bond donors (Lipinski definition) is 2. The number of carbonyl (C=O) groups is 3. The molecule has 11 nitrogen and oxygen atoms in total. The van der Waals surface area contributed by atoms with Gasteiger partial charge in [0.05, 0.1) is 11.7 Å². The first-order valence-electron chi connectivity index (χ1n) is 17.9. The van der Waals surface area contributed by atoms with Crippen molar-refractivity contribution < 1.29 is 14.4 Å². The van der Waals surface area contributed by atoms with E-state index in [4.69, 9.17) is 0 Å². The lowest BCUT2D eigenvalue weighted by Gasteiger charge is -2.41. The molecule has 1 aromatic heterocycles. The third-order valence-electron chi connectivity index (χ3n) is 11.5. The molecule has 5 amide bonds. The molecule has 48 heavy (non-hydrogen) atoms. The number of piperidine rings is 3. The van der Waals surface area contributed by atoms with E-state index in [1.54, 1.807) is 0 Å². The molecule has 4 aliphatic rings. The molecule has 5 heterocycles. The van der Waals surface area contributed by atoms with Crippen molar-refractivity contribution in [2.45, 2.75) is 63.5 Å². The number of nitrogens with one attached hydrogen (secondary N) is 2. The number of carbonyl (C=O) groups excluding carboxylic acids is 3. The Morgan fingerprint density at radius 3 is 2.31 bits per heavy atom. The van der Waals surface area contributed by atoms with Gasteiger partial charge < -0.3 is 30.2 Å². The molecule has 11 heteroatoms. The first-order valence-corrected chi connectivity index (χ1v) is 17.9. The second kappa shape index (κ2) is 14.2. The lowest BCUT2D eigenvalue weighted by Crippen LogP contribution is -2.57. The molecule has 3 saturated heterocycles. The van der Waals surface area contributed by atoms with E-state index < -0.39 is 6.04 Å². The maximum absolute atomic E-state index is 14.2. The summed E-state index contributed by atoms with van der Waals surface area (Å²) < 4.78 is 1.84. The van der Waals surface area contributed by atoms with E-state index in [-0.39, 0.29) is 24.0 Å². The normalized spacial score (nSPS) is 21.1. The Kier molecular flexibility index (Phi) is 9.57. The molecule has 2 N–H and O–H groups in total. The summed E-state index contributed by atoms with van der Waals surface area (Å²) in [6, 6.07) is 13.3. The molecule has 0 saturated carbocycles. The Bertz CT molecular complexity index is 1620. The summed E-state index contributed by atoms with van der Waals surface area (Å²) >= 11 is 0. The smallest absolute Gasteiger partial charge is 0.322 e. The van der Waals surface area contributed by atoms with E-state index in [9.17, 15) is 14.4 Å². The average Bonchev–Trinajstić information content (AvgIpc) is 3.38. The highest BCUT2D eigenvalue weighted by Gasteiger charge is 2.35. The lowest BCUT2D eigenvalue weighted by molar-refractivity contribution is -0.135. The molecule has 7 rings (SSSR count). The molecule has 3 aromatic rings. The topological polar surface area (TPSA) is 106 Å². The summed E-state index contributed by atoms with van der Waals surface area (Å²) in [6.07, 6.45) is 9.05. The molecule has 256 valence electrons. The number of urea groups is 2. The number of para-hydroxylation sites is 1. The van der Waals surface area contributed by atoms with Crippen LogP contribution in [-0.4, -0.2) is 112 Å². The zero-order chi connectivity index (χ0) is 33.2. The molecule has 1 unspecified atom stereocenters. The number of aromatic nitrogens is 2. The fraction of sp³-hybridized carbons (Fsp3) is 0.568. The van der Waals surface area contributed by atoms with Crippen LogP contribution in [0.1, 0.15) is 49.7 Å². The summed E-state index contributed by atoms with van der Waals surface area (Å²) in [5, 5.41) is 11.6. The largest absolute Gasteiger partial charge is 0.341 e. The van der Waals surface area contributed by atoms with Crippen LogP contribution < -0.4 is 10.6 Å². The van der Waals surface area contributed by atoms with Gasteiger partial charge in [-0.05, 0) is 106 Å². The van der Waals surface area contributed by atoms with Gasteiger partial charge in [0.1, 0.15) is 6.04 Å². The van der Waals surface area contributed by atoms with Gasteiger partial charge in [-0.15, -0.1) is 0 Å². The van der Waals surface area contributed by atoms with Gasteiger partial charge in [-0.3, -0.25) is 9.48 Å². The van der Waals surface area contributed by atoms with Crippen LogP contribution in [0.3, 0.4) is 0 Å². The van der Waals surface area contributed by atoms with E-state index in [1.165, 1.54) is 12.8 Å². The minimum absolute atomic E-state index is 0.00662. The Hall–Kier alpha value is -4.12. The summed E-state index contributed by atoms with van der Waals surface area (Å²) in [4.78, 5) is 49.2. The summed E-state index contributed by atoms with van der Waals surface area (Å²) in [5.74, 6) is 1.43. The molecule has 4 aliphatic heterocycles. The number of fused-ring (bicyclic) bond motifs is 2. The van der Waals surface area contributed by atoms with Crippen LogP contribution in [0.2, 0.25) is 0 Å². The zero-order valence-corrected chi connectivity index (χ0v) is 28.4. The summed E-state index contributed by atoms with van der Waals surface area (Å²) in [5.41, 5.74) is 4.06. The number of likely N-dealkylation sites (tertiary alicyclic amines) is 3. The molecule has 0 aliphatic carbocycles. The van der Waals surface area contributed by atoms with Crippen LogP contribution in [0, 0.1) is 11.8 Å². The fourth-order valence-corrected chi connectivity index (χ4v) is 8.45. The predicted molar refractivity (Wildman–Crippen MR) is 187 cm³/mol. The van der Waals surface area contributed by atoms with Crippen molar-refractivity contribution >= 4 is 34.6 Å². The number of hydrogen-bond acceptors (Lipinski definition) is 5. The predicted octanol–water partition coefficient (Wildman–Crippen LogP) is 4.33. The van der Waals surface area contributed by atoms with E-state index in [0.29, 0.717) is 44.8 Å². The SMILES string of the molecule is CN1CCC(C2CCN(C(=O)C(Cc3ccc4c(cnn4C)c3)NC(=O)N3CCC(N4CCc5ccccc5NC4=O)CC3)CC2)CC1. The lowest BCUT2D eigenvalue weighted by atomic mass is 9.79. The van der Waals surface area contributed by atoms with Gasteiger partial charge in [-0.25, -0.2) is 9.59 Å². The third kappa shape index (κ3) is 7.02. The van der Waals surface area contributed by atoms with Crippen LogP contribution >= 0.6 is 0 Å². The molecule has 2 aromatic carbocycles. The minimum Gasteiger partial charge on any atom is -0.341 e. The monoisotopic (exact) mass is 654 g/mol. The highest BCUT2D eigenvalue weighted by atomic mass is 16.2. The molecule has 1 atom stereocenters.